The number of benzene rings is 1. The fourth-order valence-corrected chi connectivity index (χ4v) is 2.27. The summed E-state index contributed by atoms with van der Waals surface area (Å²) in [6.07, 6.45) is 0.207. The summed E-state index contributed by atoms with van der Waals surface area (Å²) in [6, 6.07) is 11.2. The number of rotatable bonds is 9. The molecule has 1 heterocycles. The van der Waals surface area contributed by atoms with Crippen LogP contribution in [0.25, 0.3) is 0 Å². The first kappa shape index (κ1) is 18.7. The van der Waals surface area contributed by atoms with Crippen LogP contribution < -0.4 is 5.32 Å². The molecule has 7 heteroatoms. The summed E-state index contributed by atoms with van der Waals surface area (Å²) in [5, 5.41) is 6.59. The van der Waals surface area contributed by atoms with Gasteiger partial charge in [0.05, 0.1) is 6.61 Å². The molecule has 0 saturated heterocycles. The van der Waals surface area contributed by atoms with Gasteiger partial charge >= 0.3 is 0 Å². The van der Waals surface area contributed by atoms with Crippen molar-refractivity contribution in [2.24, 2.45) is 0 Å². The molecule has 0 aliphatic carbocycles. The van der Waals surface area contributed by atoms with Gasteiger partial charge in [-0.3, -0.25) is 9.59 Å². The highest BCUT2D eigenvalue weighted by atomic mass is 16.5. The molecule has 0 spiro atoms. The highest BCUT2D eigenvalue weighted by molar-refractivity contribution is 5.92. The van der Waals surface area contributed by atoms with Crippen LogP contribution in [0.4, 0.5) is 0 Å². The summed E-state index contributed by atoms with van der Waals surface area (Å²) in [6.45, 7) is 3.24. The van der Waals surface area contributed by atoms with Crippen molar-refractivity contribution in [1.82, 2.24) is 15.4 Å². The molecule has 0 aliphatic rings. The Kier molecular flexibility index (Phi) is 7.16. The lowest BCUT2D eigenvalue weighted by Gasteiger charge is -2.21. The molecule has 2 amide bonds. The normalized spacial score (nSPS) is 10.5. The van der Waals surface area contributed by atoms with Gasteiger partial charge in [-0.15, -0.1) is 0 Å². The number of ether oxygens (including phenoxy) is 1. The average molecular weight is 345 g/mol. The van der Waals surface area contributed by atoms with Gasteiger partial charge in [0, 0.05) is 39.2 Å². The van der Waals surface area contributed by atoms with E-state index in [1.54, 1.807) is 25.0 Å². The molecule has 0 saturated carbocycles. The molecule has 0 aliphatic heterocycles. The standard InChI is InChI=1S/C18H23N3O4/c1-14-12-16(20-25-14)18(23)21(10-11-24-2)9-8-17(22)19-13-15-6-4-3-5-7-15/h3-7,12H,8-11,13H2,1-2H3,(H,19,22). The summed E-state index contributed by atoms with van der Waals surface area (Å²) in [5.41, 5.74) is 1.26. The third kappa shape index (κ3) is 6.04. The van der Waals surface area contributed by atoms with E-state index >= 15 is 0 Å². The maximum Gasteiger partial charge on any atom is 0.276 e. The predicted octanol–water partition coefficient (Wildman–Crippen LogP) is 1.78. The summed E-state index contributed by atoms with van der Waals surface area (Å²) in [5.74, 6) is 0.177. The minimum Gasteiger partial charge on any atom is -0.383 e. The molecule has 1 aromatic carbocycles. The third-order valence-electron chi connectivity index (χ3n) is 3.64. The highest BCUT2D eigenvalue weighted by Gasteiger charge is 2.20. The number of nitrogens with zero attached hydrogens (tertiary/aromatic N) is 2. The SMILES string of the molecule is COCCN(CCC(=O)NCc1ccccc1)C(=O)c1cc(C)on1. The number of amides is 2. The quantitative estimate of drug-likeness (QED) is 0.749. The van der Waals surface area contributed by atoms with Crippen LogP contribution in [0.2, 0.25) is 0 Å². The molecule has 25 heavy (non-hydrogen) atoms. The maximum atomic E-state index is 12.5. The van der Waals surface area contributed by atoms with Crippen LogP contribution in [0.15, 0.2) is 40.9 Å². The Labute approximate surface area is 146 Å². The van der Waals surface area contributed by atoms with Crippen molar-refractivity contribution in [3.8, 4) is 0 Å². The zero-order valence-electron chi connectivity index (χ0n) is 14.5. The fraction of sp³-hybridized carbons (Fsp3) is 0.389. The minimum absolute atomic E-state index is 0.115. The van der Waals surface area contributed by atoms with E-state index in [-0.39, 0.29) is 30.5 Å². The lowest BCUT2D eigenvalue weighted by molar-refractivity contribution is -0.121. The third-order valence-corrected chi connectivity index (χ3v) is 3.64. The number of hydrogen-bond donors (Lipinski definition) is 1. The van der Waals surface area contributed by atoms with E-state index in [1.165, 1.54) is 0 Å². The van der Waals surface area contributed by atoms with Gasteiger partial charge in [-0.1, -0.05) is 35.5 Å². The van der Waals surface area contributed by atoms with Crippen molar-refractivity contribution in [1.29, 1.82) is 0 Å². The first-order chi connectivity index (χ1) is 12.1. The van der Waals surface area contributed by atoms with Gasteiger partial charge in [0.1, 0.15) is 5.76 Å². The van der Waals surface area contributed by atoms with E-state index < -0.39 is 0 Å². The van der Waals surface area contributed by atoms with Gasteiger partial charge in [0.15, 0.2) is 5.69 Å². The van der Waals surface area contributed by atoms with Crippen LogP contribution in [0.1, 0.15) is 28.2 Å². The van der Waals surface area contributed by atoms with Crippen LogP contribution in [-0.4, -0.2) is 48.7 Å². The van der Waals surface area contributed by atoms with Crippen LogP contribution in [0.3, 0.4) is 0 Å². The molecule has 2 rings (SSSR count). The Morgan fingerprint density at radius 1 is 1.24 bits per heavy atom. The van der Waals surface area contributed by atoms with E-state index in [9.17, 15) is 9.59 Å². The first-order valence-electron chi connectivity index (χ1n) is 8.12. The number of aryl methyl sites for hydroxylation is 1. The topological polar surface area (TPSA) is 84.7 Å². The van der Waals surface area contributed by atoms with Gasteiger partial charge in [-0.05, 0) is 12.5 Å². The molecule has 0 radical (unpaired) electrons. The van der Waals surface area contributed by atoms with Gasteiger partial charge in [-0.25, -0.2) is 0 Å². The highest BCUT2D eigenvalue weighted by Crippen LogP contribution is 2.07. The van der Waals surface area contributed by atoms with E-state index in [4.69, 9.17) is 9.26 Å². The molecule has 1 N–H and O–H groups in total. The predicted molar refractivity (Wildman–Crippen MR) is 91.9 cm³/mol. The van der Waals surface area contributed by atoms with E-state index in [1.807, 2.05) is 30.3 Å². The van der Waals surface area contributed by atoms with Crippen LogP contribution in [-0.2, 0) is 16.1 Å². The molecule has 7 nitrogen and oxygen atoms in total. The van der Waals surface area contributed by atoms with Gasteiger partial charge in [-0.2, -0.15) is 0 Å². The van der Waals surface area contributed by atoms with Crippen molar-refractivity contribution in [3.63, 3.8) is 0 Å². The van der Waals surface area contributed by atoms with Crippen LogP contribution in [0.5, 0.6) is 0 Å². The van der Waals surface area contributed by atoms with E-state index in [0.717, 1.165) is 5.56 Å². The van der Waals surface area contributed by atoms with Gasteiger partial charge < -0.3 is 19.5 Å². The number of carbonyl (C=O) groups is 2. The lowest BCUT2D eigenvalue weighted by Crippen LogP contribution is -2.37. The summed E-state index contributed by atoms with van der Waals surface area (Å²) in [7, 11) is 1.56. The van der Waals surface area contributed by atoms with E-state index in [2.05, 4.69) is 10.5 Å². The molecule has 0 fully saturated rings. The molecular formula is C18H23N3O4. The Bertz CT molecular complexity index is 685. The van der Waals surface area contributed by atoms with Crippen molar-refractivity contribution < 1.29 is 18.8 Å². The Balaban J connectivity index is 1.86. The number of carbonyl (C=O) groups excluding carboxylic acids is 2. The molecular weight excluding hydrogens is 322 g/mol. The average Bonchev–Trinajstić information content (AvgIpc) is 3.07. The molecule has 1 aromatic heterocycles. The van der Waals surface area contributed by atoms with Gasteiger partial charge in [0.25, 0.3) is 5.91 Å². The van der Waals surface area contributed by atoms with Crippen molar-refractivity contribution in [2.45, 2.75) is 19.9 Å². The van der Waals surface area contributed by atoms with Crippen LogP contribution in [0, 0.1) is 6.92 Å². The van der Waals surface area contributed by atoms with Crippen molar-refractivity contribution in [2.75, 3.05) is 26.8 Å². The Morgan fingerprint density at radius 2 is 2.00 bits per heavy atom. The molecule has 0 unspecified atom stereocenters. The molecule has 134 valence electrons. The summed E-state index contributed by atoms with van der Waals surface area (Å²) in [4.78, 5) is 26.1. The lowest BCUT2D eigenvalue weighted by atomic mass is 10.2. The van der Waals surface area contributed by atoms with Crippen molar-refractivity contribution in [3.05, 3.63) is 53.4 Å². The van der Waals surface area contributed by atoms with Gasteiger partial charge in [0.2, 0.25) is 5.91 Å². The Morgan fingerprint density at radius 3 is 2.64 bits per heavy atom. The largest absolute Gasteiger partial charge is 0.383 e. The second kappa shape index (κ2) is 9.58. The maximum absolute atomic E-state index is 12.5. The summed E-state index contributed by atoms with van der Waals surface area (Å²) < 4.78 is 9.98. The zero-order chi connectivity index (χ0) is 18.1. The second-order valence-electron chi connectivity index (χ2n) is 5.62. The number of aromatic nitrogens is 1. The van der Waals surface area contributed by atoms with Crippen molar-refractivity contribution >= 4 is 11.8 Å². The Hall–Kier alpha value is -2.67. The fourth-order valence-electron chi connectivity index (χ4n) is 2.27. The summed E-state index contributed by atoms with van der Waals surface area (Å²) >= 11 is 0. The number of hydrogen-bond acceptors (Lipinski definition) is 5. The minimum atomic E-state index is -0.273. The van der Waals surface area contributed by atoms with E-state index in [0.29, 0.717) is 25.5 Å². The first-order valence-corrected chi connectivity index (χ1v) is 8.12. The number of methoxy groups -OCH3 is 1. The smallest absolute Gasteiger partial charge is 0.276 e. The monoisotopic (exact) mass is 345 g/mol. The number of nitrogens with one attached hydrogen (secondary N) is 1. The molecule has 0 atom stereocenters. The second-order valence-corrected chi connectivity index (χ2v) is 5.62. The van der Waals surface area contributed by atoms with Crippen LogP contribution >= 0.6 is 0 Å². The molecule has 0 bridgehead atoms. The molecule has 2 aromatic rings. The zero-order valence-corrected chi connectivity index (χ0v) is 14.5.